The second-order valence-electron chi connectivity index (χ2n) is 3.85. The first-order valence-corrected chi connectivity index (χ1v) is 5.43. The van der Waals surface area contributed by atoms with Gasteiger partial charge < -0.3 is 10.4 Å². The molecular weight excluding hydrogens is 236 g/mol. The first kappa shape index (κ1) is 12.2. The lowest BCUT2D eigenvalue weighted by Gasteiger charge is -2.05. The number of rotatable bonds is 4. The number of aryl methyl sites for hydroxylation is 2. The third kappa shape index (κ3) is 2.54. The standard InChI is InChI=1S/C10H14N6O2/c1-7-5-9(16(13-7)3-4-17)11-10(18)8-6-15(2)14-12-8/h5-6,17H,3-4H2,1-2H3,(H,11,18). The van der Waals surface area contributed by atoms with E-state index in [0.29, 0.717) is 12.4 Å². The lowest BCUT2D eigenvalue weighted by Crippen LogP contribution is -2.17. The van der Waals surface area contributed by atoms with Crippen LogP contribution in [0.15, 0.2) is 12.3 Å². The Bertz CT molecular complexity index is 558. The van der Waals surface area contributed by atoms with Crippen LogP contribution >= 0.6 is 0 Å². The Morgan fingerprint density at radius 1 is 1.56 bits per heavy atom. The first-order chi connectivity index (χ1) is 8.60. The van der Waals surface area contributed by atoms with Crippen LogP contribution in [0.4, 0.5) is 5.82 Å². The second-order valence-corrected chi connectivity index (χ2v) is 3.85. The number of aromatic nitrogens is 5. The Hall–Kier alpha value is -2.22. The summed E-state index contributed by atoms with van der Waals surface area (Å²) in [4.78, 5) is 11.9. The lowest BCUT2D eigenvalue weighted by molar-refractivity contribution is 0.102. The zero-order valence-electron chi connectivity index (χ0n) is 10.2. The summed E-state index contributed by atoms with van der Waals surface area (Å²) < 4.78 is 2.98. The van der Waals surface area contributed by atoms with Crippen molar-refractivity contribution < 1.29 is 9.90 Å². The first-order valence-electron chi connectivity index (χ1n) is 5.43. The van der Waals surface area contributed by atoms with Gasteiger partial charge in [0.1, 0.15) is 5.82 Å². The fourth-order valence-electron chi connectivity index (χ4n) is 1.54. The average molecular weight is 250 g/mol. The molecule has 0 aromatic carbocycles. The Kier molecular flexibility index (Phi) is 3.38. The SMILES string of the molecule is Cc1cc(NC(=O)c2cn(C)nn2)n(CCO)n1. The molecule has 2 N–H and O–H groups in total. The number of amides is 1. The minimum Gasteiger partial charge on any atom is -0.394 e. The summed E-state index contributed by atoms with van der Waals surface area (Å²) in [5.74, 6) is 0.166. The maximum absolute atomic E-state index is 11.9. The minimum absolute atomic E-state index is 0.0465. The van der Waals surface area contributed by atoms with Gasteiger partial charge in [-0.1, -0.05) is 5.21 Å². The van der Waals surface area contributed by atoms with Crippen LogP contribution in [0.2, 0.25) is 0 Å². The summed E-state index contributed by atoms with van der Waals surface area (Å²) in [5.41, 5.74) is 0.991. The third-order valence-electron chi connectivity index (χ3n) is 2.29. The van der Waals surface area contributed by atoms with Crippen LogP contribution in [0.1, 0.15) is 16.2 Å². The van der Waals surface area contributed by atoms with Crippen LogP contribution in [-0.2, 0) is 13.6 Å². The molecule has 0 radical (unpaired) electrons. The number of hydrogen-bond donors (Lipinski definition) is 2. The monoisotopic (exact) mass is 250 g/mol. The molecule has 0 atom stereocenters. The zero-order chi connectivity index (χ0) is 13.1. The lowest BCUT2D eigenvalue weighted by atomic mass is 10.4. The van der Waals surface area contributed by atoms with Crippen molar-refractivity contribution in [2.24, 2.45) is 7.05 Å². The van der Waals surface area contributed by atoms with E-state index in [2.05, 4.69) is 20.7 Å². The Labute approximate surface area is 103 Å². The maximum Gasteiger partial charge on any atom is 0.278 e. The molecule has 2 aromatic rings. The number of hydrogen-bond acceptors (Lipinski definition) is 5. The van der Waals surface area contributed by atoms with Crippen molar-refractivity contribution in [3.63, 3.8) is 0 Å². The smallest absolute Gasteiger partial charge is 0.278 e. The van der Waals surface area contributed by atoms with Gasteiger partial charge in [-0.15, -0.1) is 5.10 Å². The number of carbonyl (C=O) groups excluding carboxylic acids is 1. The van der Waals surface area contributed by atoms with E-state index in [4.69, 9.17) is 5.11 Å². The maximum atomic E-state index is 11.9. The quantitative estimate of drug-likeness (QED) is 0.767. The second kappa shape index (κ2) is 4.96. The van der Waals surface area contributed by atoms with Crippen LogP contribution in [0.3, 0.4) is 0 Å². The normalized spacial score (nSPS) is 10.6. The number of nitrogens with zero attached hydrogens (tertiary/aromatic N) is 5. The van der Waals surface area contributed by atoms with Gasteiger partial charge in [0.05, 0.1) is 25.0 Å². The number of carbonyl (C=O) groups is 1. The molecule has 0 aliphatic rings. The van der Waals surface area contributed by atoms with Gasteiger partial charge in [-0.25, -0.2) is 4.68 Å². The molecule has 96 valence electrons. The molecule has 18 heavy (non-hydrogen) atoms. The molecule has 0 spiro atoms. The Balaban J connectivity index is 2.16. The summed E-state index contributed by atoms with van der Waals surface area (Å²) >= 11 is 0. The summed E-state index contributed by atoms with van der Waals surface area (Å²) in [6.07, 6.45) is 1.52. The highest BCUT2D eigenvalue weighted by Gasteiger charge is 2.13. The number of anilines is 1. The van der Waals surface area contributed by atoms with E-state index in [9.17, 15) is 4.79 Å². The molecule has 0 aliphatic carbocycles. The molecule has 2 aromatic heterocycles. The van der Waals surface area contributed by atoms with Crippen molar-refractivity contribution in [2.75, 3.05) is 11.9 Å². The van der Waals surface area contributed by atoms with E-state index in [1.54, 1.807) is 13.1 Å². The Morgan fingerprint density at radius 2 is 2.33 bits per heavy atom. The summed E-state index contributed by atoms with van der Waals surface area (Å²) in [7, 11) is 1.68. The van der Waals surface area contributed by atoms with Crippen LogP contribution in [0.5, 0.6) is 0 Å². The van der Waals surface area contributed by atoms with Crippen molar-refractivity contribution >= 4 is 11.7 Å². The van der Waals surface area contributed by atoms with E-state index in [1.165, 1.54) is 15.6 Å². The van der Waals surface area contributed by atoms with Gasteiger partial charge in [-0.3, -0.25) is 9.48 Å². The van der Waals surface area contributed by atoms with E-state index in [-0.39, 0.29) is 18.2 Å². The molecule has 2 heterocycles. The topological polar surface area (TPSA) is 97.9 Å². The van der Waals surface area contributed by atoms with Crippen LogP contribution < -0.4 is 5.32 Å². The molecule has 0 saturated carbocycles. The van der Waals surface area contributed by atoms with Crippen molar-refractivity contribution in [1.29, 1.82) is 0 Å². The molecule has 0 saturated heterocycles. The van der Waals surface area contributed by atoms with E-state index >= 15 is 0 Å². The van der Waals surface area contributed by atoms with Gasteiger partial charge in [0.15, 0.2) is 5.69 Å². The molecule has 8 heteroatoms. The van der Waals surface area contributed by atoms with Crippen molar-refractivity contribution in [3.05, 3.63) is 23.7 Å². The van der Waals surface area contributed by atoms with E-state index < -0.39 is 0 Å². The summed E-state index contributed by atoms with van der Waals surface area (Å²) in [5, 5.41) is 23.1. The summed E-state index contributed by atoms with van der Waals surface area (Å²) in [6.45, 7) is 2.09. The highest BCUT2D eigenvalue weighted by atomic mass is 16.3. The van der Waals surface area contributed by atoms with Gasteiger partial charge in [-0.2, -0.15) is 5.10 Å². The molecule has 1 amide bonds. The number of nitrogens with one attached hydrogen (secondary N) is 1. The molecule has 0 fully saturated rings. The predicted octanol–water partition coefficient (Wildman–Crippen LogP) is -0.435. The fourth-order valence-corrected chi connectivity index (χ4v) is 1.54. The zero-order valence-corrected chi connectivity index (χ0v) is 10.2. The number of aliphatic hydroxyl groups excluding tert-OH is 1. The molecular formula is C10H14N6O2. The number of aliphatic hydroxyl groups is 1. The van der Waals surface area contributed by atoms with E-state index in [1.807, 2.05) is 6.92 Å². The van der Waals surface area contributed by atoms with Gasteiger partial charge in [0.2, 0.25) is 0 Å². The van der Waals surface area contributed by atoms with Crippen LogP contribution in [0.25, 0.3) is 0 Å². The van der Waals surface area contributed by atoms with Crippen LogP contribution in [-0.4, -0.2) is 42.4 Å². The molecule has 0 bridgehead atoms. The van der Waals surface area contributed by atoms with E-state index in [0.717, 1.165) is 5.69 Å². The average Bonchev–Trinajstić information content (AvgIpc) is 2.87. The van der Waals surface area contributed by atoms with Gasteiger partial charge in [0.25, 0.3) is 5.91 Å². The Morgan fingerprint density at radius 3 is 2.94 bits per heavy atom. The van der Waals surface area contributed by atoms with Gasteiger partial charge >= 0.3 is 0 Å². The minimum atomic E-state index is -0.359. The van der Waals surface area contributed by atoms with Crippen LogP contribution in [0, 0.1) is 6.92 Å². The van der Waals surface area contributed by atoms with Crippen molar-refractivity contribution in [1.82, 2.24) is 24.8 Å². The highest BCUT2D eigenvalue weighted by Crippen LogP contribution is 2.11. The van der Waals surface area contributed by atoms with Gasteiger partial charge in [-0.05, 0) is 6.92 Å². The molecule has 0 unspecified atom stereocenters. The predicted molar refractivity (Wildman–Crippen MR) is 63.0 cm³/mol. The third-order valence-corrected chi connectivity index (χ3v) is 2.29. The highest BCUT2D eigenvalue weighted by molar-refractivity contribution is 6.02. The van der Waals surface area contributed by atoms with Crippen molar-refractivity contribution in [3.8, 4) is 0 Å². The van der Waals surface area contributed by atoms with Crippen molar-refractivity contribution in [2.45, 2.75) is 13.5 Å². The molecule has 8 nitrogen and oxygen atoms in total. The fraction of sp³-hybridized carbons (Fsp3) is 0.400. The van der Waals surface area contributed by atoms with Gasteiger partial charge in [0, 0.05) is 13.1 Å². The molecule has 2 rings (SSSR count). The summed E-state index contributed by atoms with van der Waals surface area (Å²) in [6, 6.07) is 1.73. The molecule has 0 aliphatic heterocycles. The largest absolute Gasteiger partial charge is 0.394 e.